The molecule has 0 aliphatic carbocycles. The lowest BCUT2D eigenvalue weighted by Crippen LogP contribution is -2.31. The number of hydrazine groups is 1. The highest BCUT2D eigenvalue weighted by atomic mass is 35.5. The molecule has 6 heteroatoms. The summed E-state index contributed by atoms with van der Waals surface area (Å²) in [6, 6.07) is 4.13. The second-order valence-corrected chi connectivity index (χ2v) is 4.50. The molecular weight excluding hydrogens is 255 g/mol. The quantitative estimate of drug-likeness (QED) is 0.658. The molecule has 1 atom stereocenters. The zero-order chi connectivity index (χ0) is 13.1. The Hall–Kier alpha value is -1.43. The lowest BCUT2D eigenvalue weighted by molar-refractivity contribution is 0.520. The van der Waals surface area contributed by atoms with Gasteiger partial charge in [0, 0.05) is 18.3 Å². The molecule has 1 aromatic heterocycles. The molecule has 0 fully saturated rings. The van der Waals surface area contributed by atoms with Crippen molar-refractivity contribution < 1.29 is 4.39 Å². The number of nitrogens with zero attached hydrogens (tertiary/aromatic N) is 2. The summed E-state index contributed by atoms with van der Waals surface area (Å²) >= 11 is 6.04. The number of imidazole rings is 1. The Kier molecular flexibility index (Phi) is 3.96. The van der Waals surface area contributed by atoms with Gasteiger partial charge in [0.2, 0.25) is 0 Å². The topological polar surface area (TPSA) is 55.9 Å². The third-order valence-corrected chi connectivity index (χ3v) is 3.21. The molecule has 18 heavy (non-hydrogen) atoms. The van der Waals surface area contributed by atoms with Gasteiger partial charge in [-0.1, -0.05) is 11.6 Å². The molecule has 3 N–H and O–H groups in total. The normalized spacial score (nSPS) is 12.7. The van der Waals surface area contributed by atoms with E-state index >= 15 is 0 Å². The first-order valence-corrected chi connectivity index (χ1v) is 5.86. The molecule has 1 heterocycles. The number of nitrogens with one attached hydrogen (secondary N) is 1. The summed E-state index contributed by atoms with van der Waals surface area (Å²) in [5.74, 6) is 5.23. The summed E-state index contributed by atoms with van der Waals surface area (Å²) in [5.41, 5.74) is 4.32. The van der Waals surface area contributed by atoms with E-state index in [-0.39, 0.29) is 11.9 Å². The van der Waals surface area contributed by atoms with Crippen molar-refractivity contribution in [1.29, 1.82) is 0 Å². The predicted octanol–water partition coefficient (Wildman–Crippen LogP) is 1.96. The zero-order valence-electron chi connectivity index (χ0n) is 9.90. The Morgan fingerprint density at radius 3 is 2.94 bits per heavy atom. The summed E-state index contributed by atoms with van der Waals surface area (Å²) in [4.78, 5) is 4.03. The van der Waals surface area contributed by atoms with Crippen LogP contribution in [0.2, 0.25) is 5.02 Å². The average molecular weight is 269 g/mol. The van der Waals surface area contributed by atoms with Gasteiger partial charge in [0.15, 0.2) is 0 Å². The van der Waals surface area contributed by atoms with Crippen LogP contribution in [0.5, 0.6) is 0 Å². The number of nitrogens with two attached hydrogens (primary N) is 1. The first-order chi connectivity index (χ1) is 8.61. The fraction of sp³-hybridized carbons (Fsp3) is 0.250. The van der Waals surface area contributed by atoms with Gasteiger partial charge in [-0.2, -0.15) is 0 Å². The van der Waals surface area contributed by atoms with E-state index in [9.17, 15) is 4.39 Å². The van der Waals surface area contributed by atoms with Crippen LogP contribution in [0.25, 0.3) is 0 Å². The van der Waals surface area contributed by atoms with Gasteiger partial charge in [0.1, 0.15) is 5.82 Å². The van der Waals surface area contributed by atoms with Gasteiger partial charge in [-0.05, 0) is 30.2 Å². The van der Waals surface area contributed by atoms with Crippen molar-refractivity contribution in [3.8, 4) is 0 Å². The number of hydrogen-bond acceptors (Lipinski definition) is 3. The SMILES string of the molecule is Cn1cncc1C(Cc1cc(F)ccc1Cl)NN. The summed E-state index contributed by atoms with van der Waals surface area (Å²) in [6.07, 6.45) is 3.90. The first-order valence-electron chi connectivity index (χ1n) is 5.48. The van der Waals surface area contributed by atoms with E-state index in [1.165, 1.54) is 12.1 Å². The van der Waals surface area contributed by atoms with Gasteiger partial charge in [-0.25, -0.2) is 9.37 Å². The molecule has 0 saturated carbocycles. The van der Waals surface area contributed by atoms with Gasteiger partial charge >= 0.3 is 0 Å². The third-order valence-electron chi connectivity index (χ3n) is 2.84. The van der Waals surface area contributed by atoms with Crippen LogP contribution in [-0.2, 0) is 13.5 Å². The molecule has 2 rings (SSSR count). The summed E-state index contributed by atoms with van der Waals surface area (Å²) in [6.45, 7) is 0. The minimum absolute atomic E-state index is 0.170. The van der Waals surface area contributed by atoms with Crippen molar-refractivity contribution in [2.45, 2.75) is 12.5 Å². The Bertz CT molecular complexity index is 541. The lowest BCUT2D eigenvalue weighted by Gasteiger charge is -2.17. The number of benzene rings is 1. The molecule has 1 aromatic carbocycles. The van der Waals surface area contributed by atoms with E-state index in [2.05, 4.69) is 10.4 Å². The van der Waals surface area contributed by atoms with E-state index in [1.54, 1.807) is 18.6 Å². The van der Waals surface area contributed by atoms with Gasteiger partial charge in [0.25, 0.3) is 0 Å². The molecule has 0 saturated heterocycles. The van der Waals surface area contributed by atoms with Gasteiger partial charge in [-0.15, -0.1) is 0 Å². The molecule has 0 aliphatic heterocycles. The van der Waals surface area contributed by atoms with Gasteiger partial charge < -0.3 is 4.57 Å². The highest BCUT2D eigenvalue weighted by Crippen LogP contribution is 2.23. The number of rotatable bonds is 4. The van der Waals surface area contributed by atoms with E-state index in [1.807, 2.05) is 11.6 Å². The molecule has 2 aromatic rings. The van der Waals surface area contributed by atoms with Crippen LogP contribution in [0.3, 0.4) is 0 Å². The van der Waals surface area contributed by atoms with Crippen molar-refractivity contribution in [3.05, 3.63) is 52.8 Å². The minimum atomic E-state index is -0.310. The second-order valence-electron chi connectivity index (χ2n) is 4.09. The molecule has 0 bridgehead atoms. The summed E-state index contributed by atoms with van der Waals surface area (Å²) in [5, 5.41) is 0.527. The molecular formula is C12H14ClFN4. The molecule has 0 amide bonds. The maximum atomic E-state index is 13.2. The number of hydrogen-bond donors (Lipinski definition) is 2. The van der Waals surface area contributed by atoms with Crippen molar-refractivity contribution in [2.75, 3.05) is 0 Å². The van der Waals surface area contributed by atoms with Crippen LogP contribution in [0.1, 0.15) is 17.3 Å². The van der Waals surface area contributed by atoms with E-state index in [4.69, 9.17) is 17.4 Å². The van der Waals surface area contributed by atoms with E-state index < -0.39 is 0 Å². The smallest absolute Gasteiger partial charge is 0.123 e. The molecule has 0 spiro atoms. The van der Waals surface area contributed by atoms with Crippen LogP contribution in [0.4, 0.5) is 4.39 Å². The maximum absolute atomic E-state index is 13.2. The molecule has 96 valence electrons. The van der Waals surface area contributed by atoms with Gasteiger partial charge in [-0.3, -0.25) is 11.3 Å². The largest absolute Gasteiger partial charge is 0.336 e. The first kappa shape index (κ1) is 13.0. The summed E-state index contributed by atoms with van der Waals surface area (Å²) in [7, 11) is 1.87. The van der Waals surface area contributed by atoms with Crippen LogP contribution < -0.4 is 11.3 Å². The zero-order valence-corrected chi connectivity index (χ0v) is 10.7. The summed E-state index contributed by atoms with van der Waals surface area (Å²) < 4.78 is 15.1. The Morgan fingerprint density at radius 2 is 2.33 bits per heavy atom. The lowest BCUT2D eigenvalue weighted by atomic mass is 10.0. The van der Waals surface area contributed by atoms with Crippen molar-refractivity contribution in [2.24, 2.45) is 12.9 Å². The highest BCUT2D eigenvalue weighted by molar-refractivity contribution is 6.31. The Labute approximate surface area is 110 Å². The molecule has 0 aliphatic rings. The van der Waals surface area contributed by atoms with Crippen molar-refractivity contribution in [3.63, 3.8) is 0 Å². The van der Waals surface area contributed by atoms with Crippen molar-refractivity contribution in [1.82, 2.24) is 15.0 Å². The predicted molar refractivity (Wildman–Crippen MR) is 68.4 cm³/mol. The average Bonchev–Trinajstić information content (AvgIpc) is 2.77. The highest BCUT2D eigenvalue weighted by Gasteiger charge is 2.15. The maximum Gasteiger partial charge on any atom is 0.123 e. The third kappa shape index (κ3) is 2.69. The Balaban J connectivity index is 2.26. The Morgan fingerprint density at radius 1 is 1.56 bits per heavy atom. The molecule has 1 unspecified atom stereocenters. The fourth-order valence-corrected chi connectivity index (χ4v) is 2.07. The number of aryl methyl sites for hydroxylation is 1. The number of aromatic nitrogens is 2. The number of halogens is 2. The minimum Gasteiger partial charge on any atom is -0.336 e. The van der Waals surface area contributed by atoms with Crippen LogP contribution in [-0.4, -0.2) is 9.55 Å². The van der Waals surface area contributed by atoms with Gasteiger partial charge in [0.05, 0.1) is 18.1 Å². The standard InChI is InChI=1S/C12H14ClFN4/c1-18-7-16-6-12(18)11(17-15)5-8-4-9(14)2-3-10(8)13/h2-4,6-7,11,17H,5,15H2,1H3. The van der Waals surface area contributed by atoms with Crippen LogP contribution in [0, 0.1) is 5.82 Å². The van der Waals surface area contributed by atoms with Crippen molar-refractivity contribution >= 4 is 11.6 Å². The monoisotopic (exact) mass is 268 g/mol. The van der Waals surface area contributed by atoms with Crippen LogP contribution >= 0.6 is 11.6 Å². The second kappa shape index (κ2) is 5.48. The molecule has 0 radical (unpaired) electrons. The fourth-order valence-electron chi connectivity index (χ4n) is 1.87. The van der Waals surface area contributed by atoms with E-state index in [0.29, 0.717) is 17.0 Å². The van der Waals surface area contributed by atoms with E-state index in [0.717, 1.165) is 5.69 Å². The molecule has 4 nitrogen and oxygen atoms in total. The van der Waals surface area contributed by atoms with Crippen LogP contribution in [0.15, 0.2) is 30.7 Å².